The van der Waals surface area contributed by atoms with Crippen LogP contribution in [0, 0.1) is 11.3 Å². The van der Waals surface area contributed by atoms with E-state index in [2.05, 4.69) is 11.1 Å². The van der Waals surface area contributed by atoms with E-state index in [0.29, 0.717) is 16.9 Å². The molecule has 0 aliphatic carbocycles. The Morgan fingerprint density at radius 3 is 2.00 bits per heavy atom. The molecule has 0 spiro atoms. The van der Waals surface area contributed by atoms with Gasteiger partial charge in [-0.1, -0.05) is 42.5 Å². The van der Waals surface area contributed by atoms with Crippen LogP contribution in [-0.2, 0) is 5.66 Å². The molecule has 3 aromatic rings. The minimum absolute atomic E-state index is 0.262. The predicted octanol–water partition coefficient (Wildman–Crippen LogP) is 3.79. The third kappa shape index (κ3) is 3.03. The molecule has 6 heteroatoms. The number of methoxy groups -OCH3 is 1. The Morgan fingerprint density at radius 1 is 0.900 bits per heavy atom. The van der Waals surface area contributed by atoms with Crippen molar-refractivity contribution in [1.82, 2.24) is 4.90 Å². The maximum atomic E-state index is 13.1. The van der Waals surface area contributed by atoms with Crippen LogP contribution in [0.25, 0.3) is 0 Å². The molecule has 0 fully saturated rings. The van der Waals surface area contributed by atoms with Gasteiger partial charge in [0.15, 0.2) is 0 Å². The summed E-state index contributed by atoms with van der Waals surface area (Å²) in [6.07, 6.45) is 1.49. The van der Waals surface area contributed by atoms with Crippen LogP contribution in [-0.4, -0.2) is 30.0 Å². The summed E-state index contributed by atoms with van der Waals surface area (Å²) in [6.45, 7) is 0. The van der Waals surface area contributed by atoms with Crippen LogP contribution >= 0.6 is 0 Å². The first kappa shape index (κ1) is 19.1. The van der Waals surface area contributed by atoms with Gasteiger partial charge in [0, 0.05) is 11.8 Å². The number of nitriles is 1. The quantitative estimate of drug-likeness (QED) is 0.486. The highest BCUT2D eigenvalue weighted by Crippen LogP contribution is 2.37. The first-order valence-corrected chi connectivity index (χ1v) is 9.24. The molecule has 1 aliphatic rings. The van der Waals surface area contributed by atoms with E-state index in [-0.39, 0.29) is 11.1 Å². The SMILES string of the molecule is COc1ccc(/C=N/C(C#N)(c2ccccc2)N2C(=O)c3ccccc3C2=O)cc1. The topological polar surface area (TPSA) is 82.8 Å². The fraction of sp³-hybridized carbons (Fsp3) is 0.0833. The molecule has 1 unspecified atom stereocenters. The molecule has 0 saturated heterocycles. The number of ether oxygens (including phenoxy) is 1. The van der Waals surface area contributed by atoms with Crippen molar-refractivity contribution in [2.45, 2.75) is 5.66 Å². The molecule has 0 saturated carbocycles. The molecule has 0 radical (unpaired) electrons. The van der Waals surface area contributed by atoms with Crippen LogP contribution in [0.15, 0.2) is 83.9 Å². The molecule has 3 aromatic carbocycles. The summed E-state index contributed by atoms with van der Waals surface area (Å²) in [7, 11) is 1.57. The van der Waals surface area contributed by atoms with Crippen LogP contribution in [0.5, 0.6) is 5.75 Å². The maximum Gasteiger partial charge on any atom is 0.264 e. The van der Waals surface area contributed by atoms with Crippen LogP contribution < -0.4 is 4.74 Å². The van der Waals surface area contributed by atoms with Crippen molar-refractivity contribution in [3.8, 4) is 11.8 Å². The van der Waals surface area contributed by atoms with Crippen LogP contribution in [0.1, 0.15) is 31.8 Å². The first-order valence-electron chi connectivity index (χ1n) is 9.24. The van der Waals surface area contributed by atoms with Gasteiger partial charge < -0.3 is 4.74 Å². The molecule has 0 aromatic heterocycles. The standard InChI is InChI=1S/C24H17N3O3/c1-30-19-13-11-17(12-14-19)15-26-24(16-25,18-7-3-2-4-8-18)27-22(28)20-9-5-6-10-21(20)23(27)29/h2-15H,1H3/b26-15+. The third-order valence-electron chi connectivity index (χ3n) is 4.97. The minimum Gasteiger partial charge on any atom is -0.497 e. The molecule has 6 nitrogen and oxygen atoms in total. The Bertz CT molecular complexity index is 1150. The summed E-state index contributed by atoms with van der Waals surface area (Å²) in [5, 5.41) is 10.2. The zero-order valence-corrected chi connectivity index (χ0v) is 16.1. The van der Waals surface area contributed by atoms with E-state index in [9.17, 15) is 14.9 Å². The highest BCUT2D eigenvalue weighted by Gasteiger charge is 2.50. The van der Waals surface area contributed by atoms with Crippen LogP contribution in [0.4, 0.5) is 0 Å². The van der Waals surface area contributed by atoms with Crippen molar-refractivity contribution in [2.75, 3.05) is 7.11 Å². The second kappa shape index (κ2) is 7.64. The van der Waals surface area contributed by atoms with E-state index in [1.165, 1.54) is 6.21 Å². The predicted molar refractivity (Wildman–Crippen MR) is 111 cm³/mol. The molecule has 146 valence electrons. The number of rotatable bonds is 5. The van der Waals surface area contributed by atoms with Gasteiger partial charge in [-0.3, -0.25) is 9.59 Å². The molecule has 2 amide bonds. The molecule has 4 rings (SSSR count). The van der Waals surface area contributed by atoms with E-state index in [4.69, 9.17) is 4.74 Å². The Kier molecular flexibility index (Phi) is 4.87. The summed E-state index contributed by atoms with van der Waals surface area (Å²) in [5.41, 5.74) is -0.195. The molecular formula is C24H17N3O3. The van der Waals surface area contributed by atoms with Gasteiger partial charge in [-0.2, -0.15) is 5.26 Å². The molecule has 1 heterocycles. The lowest BCUT2D eigenvalue weighted by Crippen LogP contribution is -2.47. The van der Waals surface area contributed by atoms with E-state index in [0.717, 1.165) is 4.90 Å². The first-order chi connectivity index (χ1) is 14.6. The third-order valence-corrected chi connectivity index (χ3v) is 4.97. The van der Waals surface area contributed by atoms with Gasteiger partial charge in [0.25, 0.3) is 17.5 Å². The monoisotopic (exact) mass is 395 g/mol. The molecule has 1 atom stereocenters. The smallest absolute Gasteiger partial charge is 0.264 e. The van der Waals surface area contributed by atoms with Crippen molar-refractivity contribution >= 4 is 18.0 Å². The molecule has 0 bridgehead atoms. The Balaban J connectivity index is 1.85. The van der Waals surface area contributed by atoms with Gasteiger partial charge in [-0.15, -0.1) is 0 Å². The molecular weight excluding hydrogens is 378 g/mol. The van der Waals surface area contributed by atoms with Gasteiger partial charge in [0.05, 0.1) is 18.2 Å². The summed E-state index contributed by atoms with van der Waals surface area (Å²) < 4.78 is 5.16. The number of imide groups is 1. The van der Waals surface area contributed by atoms with Crippen molar-refractivity contribution < 1.29 is 14.3 Å². The summed E-state index contributed by atoms with van der Waals surface area (Å²) >= 11 is 0. The number of carbonyl (C=O) groups is 2. The normalized spacial score (nSPS) is 15.0. The number of amides is 2. The van der Waals surface area contributed by atoms with Gasteiger partial charge in [-0.05, 0) is 42.0 Å². The highest BCUT2D eigenvalue weighted by molar-refractivity contribution is 6.22. The fourth-order valence-electron chi connectivity index (χ4n) is 3.42. The maximum absolute atomic E-state index is 13.1. The van der Waals surface area contributed by atoms with Crippen LogP contribution in [0.2, 0.25) is 0 Å². The van der Waals surface area contributed by atoms with Gasteiger partial charge in [0.2, 0.25) is 0 Å². The van der Waals surface area contributed by atoms with Gasteiger partial charge in [0.1, 0.15) is 11.8 Å². The summed E-state index contributed by atoms with van der Waals surface area (Å²) in [4.78, 5) is 31.7. The van der Waals surface area contributed by atoms with Crippen molar-refractivity contribution in [3.63, 3.8) is 0 Å². The number of nitrogens with zero attached hydrogens (tertiary/aromatic N) is 3. The number of hydrogen-bond donors (Lipinski definition) is 0. The lowest BCUT2D eigenvalue weighted by Gasteiger charge is -2.31. The molecule has 0 N–H and O–H groups in total. The summed E-state index contributed by atoms with van der Waals surface area (Å²) in [5.74, 6) is -0.414. The highest BCUT2D eigenvalue weighted by atomic mass is 16.5. The second-order valence-electron chi connectivity index (χ2n) is 6.67. The zero-order valence-electron chi connectivity index (χ0n) is 16.1. The Morgan fingerprint density at radius 2 is 1.47 bits per heavy atom. The van der Waals surface area contributed by atoms with E-state index in [1.54, 1.807) is 86.0 Å². The lowest BCUT2D eigenvalue weighted by molar-refractivity contribution is 0.0513. The Hall–Kier alpha value is -4.24. The number of benzene rings is 3. The number of fused-ring (bicyclic) bond motifs is 1. The van der Waals surface area contributed by atoms with Crippen molar-refractivity contribution in [2.24, 2.45) is 4.99 Å². The summed E-state index contributed by atoms with van der Waals surface area (Å²) in [6, 6.07) is 24.4. The van der Waals surface area contributed by atoms with Crippen LogP contribution in [0.3, 0.4) is 0 Å². The Labute approximate surface area is 173 Å². The zero-order chi connectivity index (χ0) is 21.1. The fourth-order valence-corrected chi connectivity index (χ4v) is 3.42. The molecule has 1 aliphatic heterocycles. The molecule has 30 heavy (non-hydrogen) atoms. The largest absolute Gasteiger partial charge is 0.497 e. The second-order valence-corrected chi connectivity index (χ2v) is 6.67. The lowest BCUT2D eigenvalue weighted by atomic mass is 9.99. The van der Waals surface area contributed by atoms with E-state index < -0.39 is 17.5 Å². The van der Waals surface area contributed by atoms with Gasteiger partial charge >= 0.3 is 0 Å². The number of hydrogen-bond acceptors (Lipinski definition) is 5. The van der Waals surface area contributed by atoms with Crippen molar-refractivity contribution in [3.05, 3.63) is 101 Å². The average Bonchev–Trinajstić information content (AvgIpc) is 3.07. The van der Waals surface area contributed by atoms with E-state index in [1.807, 2.05) is 0 Å². The number of aliphatic imine (C=N–C) groups is 1. The van der Waals surface area contributed by atoms with Crippen molar-refractivity contribution in [1.29, 1.82) is 5.26 Å². The average molecular weight is 395 g/mol. The minimum atomic E-state index is -1.84. The van der Waals surface area contributed by atoms with Gasteiger partial charge in [-0.25, -0.2) is 9.89 Å². The number of carbonyl (C=O) groups excluding carboxylic acids is 2. The van der Waals surface area contributed by atoms with E-state index >= 15 is 0 Å².